The number of nitrogens with zero attached hydrogens (tertiary/aromatic N) is 6. The van der Waals surface area contributed by atoms with E-state index in [4.69, 9.17) is 12.2 Å². The van der Waals surface area contributed by atoms with E-state index in [9.17, 15) is 0 Å². The van der Waals surface area contributed by atoms with Crippen LogP contribution in [0, 0.1) is 11.7 Å². The Balaban J connectivity index is 1.67. The topological polar surface area (TPSA) is 69.2 Å². The monoisotopic (exact) mass is 457 g/mol. The molecule has 9 heteroatoms. The minimum absolute atomic E-state index is 0.0419. The highest BCUT2D eigenvalue weighted by Crippen LogP contribution is 2.24. The Morgan fingerprint density at radius 1 is 1.14 bits per heavy atom. The van der Waals surface area contributed by atoms with Gasteiger partial charge in [-0.1, -0.05) is 36.8 Å². The second kappa shape index (κ2) is 7.84. The second-order valence-corrected chi connectivity index (χ2v) is 7.97. The molecule has 0 aliphatic carbocycles. The first-order valence-corrected chi connectivity index (χ1v) is 10.2. The summed E-state index contributed by atoms with van der Waals surface area (Å²) in [6, 6.07) is 8.42. The Labute approximate surface area is 176 Å². The van der Waals surface area contributed by atoms with Gasteiger partial charge in [0.25, 0.3) is 0 Å². The van der Waals surface area contributed by atoms with Gasteiger partial charge >= 0.3 is 0 Å². The van der Waals surface area contributed by atoms with Crippen LogP contribution >= 0.6 is 28.1 Å². The average Bonchev–Trinajstić information content (AvgIpc) is 3.39. The molecule has 3 heterocycles. The first-order chi connectivity index (χ1) is 13.5. The zero-order valence-electron chi connectivity index (χ0n) is 15.6. The van der Waals surface area contributed by atoms with Crippen molar-refractivity contribution in [3.63, 3.8) is 0 Å². The lowest BCUT2D eigenvalue weighted by Crippen LogP contribution is -2.15. The van der Waals surface area contributed by atoms with E-state index in [1.165, 1.54) is 11.1 Å². The van der Waals surface area contributed by atoms with Gasteiger partial charge in [-0.25, -0.2) is 0 Å². The van der Waals surface area contributed by atoms with Crippen molar-refractivity contribution in [1.82, 2.24) is 34.3 Å². The number of hydrogen-bond donors (Lipinski definition) is 1. The lowest BCUT2D eigenvalue weighted by molar-refractivity contribution is 0.477. The highest BCUT2D eigenvalue weighted by Gasteiger charge is 2.21. The van der Waals surface area contributed by atoms with Gasteiger partial charge in [-0.2, -0.15) is 15.3 Å². The first-order valence-electron chi connectivity index (χ1n) is 9.00. The van der Waals surface area contributed by atoms with Crippen molar-refractivity contribution in [3.05, 3.63) is 75.2 Å². The summed E-state index contributed by atoms with van der Waals surface area (Å²) in [5.41, 5.74) is 3.32. The quantitative estimate of drug-likeness (QED) is 0.434. The highest BCUT2D eigenvalue weighted by molar-refractivity contribution is 9.10. The highest BCUT2D eigenvalue weighted by atomic mass is 79.9. The summed E-state index contributed by atoms with van der Waals surface area (Å²) in [6.07, 6.45) is 8.34. The summed E-state index contributed by atoms with van der Waals surface area (Å²) >= 11 is 8.96. The molecule has 0 saturated carbocycles. The summed E-state index contributed by atoms with van der Waals surface area (Å²) in [7, 11) is 0. The molecule has 0 bridgehead atoms. The molecule has 3 aromatic heterocycles. The smallest absolute Gasteiger partial charge is 0.200 e. The van der Waals surface area contributed by atoms with Crippen LogP contribution in [0.1, 0.15) is 36.3 Å². The molecule has 7 nitrogen and oxygen atoms in total. The van der Waals surface area contributed by atoms with Crippen molar-refractivity contribution in [2.45, 2.75) is 32.9 Å². The minimum atomic E-state index is -0.0419. The van der Waals surface area contributed by atoms with Gasteiger partial charge < -0.3 is 0 Å². The van der Waals surface area contributed by atoms with Crippen molar-refractivity contribution in [1.29, 1.82) is 0 Å². The average molecular weight is 458 g/mol. The van der Waals surface area contributed by atoms with Crippen molar-refractivity contribution in [2.75, 3.05) is 0 Å². The van der Waals surface area contributed by atoms with Gasteiger partial charge in [-0.05, 0) is 47.1 Å². The number of benzene rings is 1. The largest absolute Gasteiger partial charge is 0.267 e. The van der Waals surface area contributed by atoms with Crippen molar-refractivity contribution in [3.8, 4) is 5.69 Å². The molecule has 4 rings (SSSR count). The molecule has 0 aliphatic heterocycles. The van der Waals surface area contributed by atoms with Crippen LogP contribution in [-0.4, -0.2) is 34.3 Å². The van der Waals surface area contributed by atoms with E-state index in [2.05, 4.69) is 74.4 Å². The fourth-order valence-electron chi connectivity index (χ4n) is 3.19. The van der Waals surface area contributed by atoms with Crippen LogP contribution in [0.25, 0.3) is 5.69 Å². The number of H-pyrrole nitrogens is 1. The molecular weight excluding hydrogens is 438 g/mol. The van der Waals surface area contributed by atoms with E-state index in [-0.39, 0.29) is 6.04 Å². The van der Waals surface area contributed by atoms with Gasteiger partial charge in [0.05, 0.1) is 29.1 Å². The van der Waals surface area contributed by atoms with E-state index in [1.54, 1.807) is 6.20 Å². The molecule has 1 aromatic carbocycles. The van der Waals surface area contributed by atoms with Gasteiger partial charge in [0, 0.05) is 12.4 Å². The Morgan fingerprint density at radius 2 is 1.93 bits per heavy atom. The van der Waals surface area contributed by atoms with Crippen LogP contribution in [0.4, 0.5) is 0 Å². The molecule has 28 heavy (non-hydrogen) atoms. The van der Waals surface area contributed by atoms with Crippen molar-refractivity contribution >= 4 is 28.1 Å². The van der Waals surface area contributed by atoms with E-state index in [0.717, 1.165) is 22.4 Å². The molecule has 0 radical (unpaired) electrons. The fourth-order valence-corrected chi connectivity index (χ4v) is 3.74. The Hall–Kier alpha value is -2.52. The Bertz CT molecular complexity index is 1140. The van der Waals surface area contributed by atoms with Gasteiger partial charge in [0.15, 0.2) is 10.6 Å². The molecule has 4 aromatic rings. The molecule has 144 valence electrons. The lowest BCUT2D eigenvalue weighted by Gasteiger charge is -2.15. The SMILES string of the molecule is CCC(c1n[nH]c(=S)n1-c1cnn(Cc2ccc(C)cc2)c1)n1cc(Br)cn1. The molecule has 1 unspecified atom stereocenters. The summed E-state index contributed by atoms with van der Waals surface area (Å²) < 4.78 is 7.19. The molecule has 1 N–H and O–H groups in total. The van der Waals surface area contributed by atoms with Crippen LogP contribution in [0.5, 0.6) is 0 Å². The van der Waals surface area contributed by atoms with Crippen molar-refractivity contribution < 1.29 is 0 Å². The van der Waals surface area contributed by atoms with Gasteiger partial charge in [-0.3, -0.25) is 19.0 Å². The number of rotatable bonds is 6. The van der Waals surface area contributed by atoms with Crippen molar-refractivity contribution in [2.24, 2.45) is 0 Å². The van der Waals surface area contributed by atoms with Crippen LogP contribution in [0.3, 0.4) is 0 Å². The fraction of sp³-hybridized carbons (Fsp3) is 0.263. The maximum absolute atomic E-state index is 5.50. The summed E-state index contributed by atoms with van der Waals surface area (Å²) in [5.74, 6) is 0.804. The lowest BCUT2D eigenvalue weighted by atomic mass is 10.1. The van der Waals surface area contributed by atoms with E-state index in [1.807, 2.05) is 32.5 Å². The maximum Gasteiger partial charge on any atom is 0.200 e. The predicted molar refractivity (Wildman–Crippen MR) is 113 cm³/mol. The van der Waals surface area contributed by atoms with E-state index in [0.29, 0.717) is 11.3 Å². The van der Waals surface area contributed by atoms with E-state index < -0.39 is 0 Å². The van der Waals surface area contributed by atoms with Gasteiger partial charge in [-0.15, -0.1) is 0 Å². The summed E-state index contributed by atoms with van der Waals surface area (Å²) in [6.45, 7) is 4.88. The molecule has 0 spiro atoms. The molecule has 0 saturated heterocycles. The minimum Gasteiger partial charge on any atom is -0.267 e. The second-order valence-electron chi connectivity index (χ2n) is 6.67. The number of nitrogens with one attached hydrogen (secondary N) is 1. The predicted octanol–water partition coefficient (Wildman–Crippen LogP) is 4.44. The maximum atomic E-state index is 5.50. The van der Waals surface area contributed by atoms with Crippen LogP contribution in [0.2, 0.25) is 0 Å². The molecular formula is C19H20BrN7S. The Kier molecular flexibility index (Phi) is 5.27. The summed E-state index contributed by atoms with van der Waals surface area (Å²) in [5, 5.41) is 16.3. The standard InChI is InChI=1S/C19H20BrN7S/c1-3-17(26-11-15(20)8-22-26)18-23-24-19(28)27(18)16-9-21-25(12-16)10-14-6-4-13(2)5-7-14/h4-9,11-12,17H,3,10H2,1-2H3,(H,24,28). The number of halogens is 1. The number of aryl methyl sites for hydroxylation is 1. The zero-order valence-corrected chi connectivity index (χ0v) is 18.0. The number of aromatic nitrogens is 7. The third-order valence-corrected chi connectivity index (χ3v) is 5.30. The van der Waals surface area contributed by atoms with E-state index >= 15 is 0 Å². The number of aromatic amines is 1. The zero-order chi connectivity index (χ0) is 19.7. The normalized spacial score (nSPS) is 12.4. The van der Waals surface area contributed by atoms with Gasteiger partial charge in [0.2, 0.25) is 0 Å². The molecule has 0 fully saturated rings. The summed E-state index contributed by atoms with van der Waals surface area (Å²) in [4.78, 5) is 0. The van der Waals surface area contributed by atoms with Crippen LogP contribution in [0.15, 0.2) is 53.5 Å². The molecule has 1 atom stereocenters. The molecule has 0 aliphatic rings. The van der Waals surface area contributed by atoms with Crippen LogP contribution in [-0.2, 0) is 6.54 Å². The third-order valence-electron chi connectivity index (χ3n) is 4.62. The molecule has 0 amide bonds. The third kappa shape index (κ3) is 3.72. The van der Waals surface area contributed by atoms with Gasteiger partial charge in [0.1, 0.15) is 6.04 Å². The van der Waals surface area contributed by atoms with Crippen LogP contribution < -0.4 is 0 Å². The Morgan fingerprint density at radius 3 is 2.61 bits per heavy atom. The number of hydrogen-bond acceptors (Lipinski definition) is 4. The first kappa shape index (κ1) is 18.8.